The summed E-state index contributed by atoms with van der Waals surface area (Å²) in [6.07, 6.45) is 2.48. The molecular formula is C17H16N2O2S2. The molecule has 1 aromatic heterocycles. The molecule has 1 fully saturated rings. The van der Waals surface area contributed by atoms with Crippen LogP contribution in [0.5, 0.6) is 0 Å². The number of rotatable bonds is 5. The van der Waals surface area contributed by atoms with E-state index in [-0.39, 0.29) is 5.91 Å². The summed E-state index contributed by atoms with van der Waals surface area (Å²) in [5.41, 5.74) is 6.50. The van der Waals surface area contributed by atoms with Crippen LogP contribution in [-0.4, -0.2) is 28.2 Å². The number of benzene rings is 1. The summed E-state index contributed by atoms with van der Waals surface area (Å²) >= 11 is 6.56. The normalized spacial score (nSPS) is 16.6. The van der Waals surface area contributed by atoms with Gasteiger partial charge in [0.05, 0.1) is 4.91 Å². The first-order valence-electron chi connectivity index (χ1n) is 7.30. The summed E-state index contributed by atoms with van der Waals surface area (Å²) < 4.78 is 6.38. The zero-order chi connectivity index (χ0) is 16.2. The molecule has 118 valence electrons. The van der Waals surface area contributed by atoms with Gasteiger partial charge in [0.1, 0.15) is 15.8 Å². The molecule has 23 heavy (non-hydrogen) atoms. The molecule has 1 aliphatic heterocycles. The summed E-state index contributed by atoms with van der Waals surface area (Å²) in [4.78, 5) is 14.6. The van der Waals surface area contributed by atoms with Crippen LogP contribution in [0, 0.1) is 0 Å². The minimum Gasteiger partial charge on any atom is -0.457 e. The average molecular weight is 344 g/mol. The summed E-state index contributed by atoms with van der Waals surface area (Å²) in [5, 5.41) is 0. The minimum atomic E-state index is -0.0777. The molecule has 1 aliphatic rings. The lowest BCUT2D eigenvalue weighted by atomic mass is 10.2. The summed E-state index contributed by atoms with van der Waals surface area (Å²) in [6, 6.07) is 13.6. The Kier molecular flexibility index (Phi) is 4.95. The van der Waals surface area contributed by atoms with Gasteiger partial charge in [0.2, 0.25) is 0 Å². The highest BCUT2D eigenvalue weighted by molar-refractivity contribution is 8.26. The van der Waals surface area contributed by atoms with E-state index in [9.17, 15) is 4.79 Å². The molecule has 2 aromatic rings. The van der Waals surface area contributed by atoms with Crippen LogP contribution in [0.25, 0.3) is 17.4 Å². The Labute approximate surface area is 144 Å². The van der Waals surface area contributed by atoms with E-state index >= 15 is 0 Å². The Balaban J connectivity index is 1.79. The topological polar surface area (TPSA) is 59.5 Å². The van der Waals surface area contributed by atoms with Crippen LogP contribution in [0.4, 0.5) is 0 Å². The van der Waals surface area contributed by atoms with E-state index in [1.54, 1.807) is 11.0 Å². The van der Waals surface area contributed by atoms with Crippen LogP contribution in [0.2, 0.25) is 0 Å². The third kappa shape index (κ3) is 3.55. The van der Waals surface area contributed by atoms with Crippen molar-refractivity contribution in [2.75, 3.05) is 13.1 Å². The number of amides is 1. The molecule has 0 atom stereocenters. The second-order valence-corrected chi connectivity index (χ2v) is 6.72. The number of nitrogens with zero attached hydrogens (tertiary/aromatic N) is 1. The Morgan fingerprint density at radius 1 is 1.22 bits per heavy atom. The maximum atomic E-state index is 12.4. The number of thioether (sulfide) groups is 1. The molecule has 1 saturated heterocycles. The summed E-state index contributed by atoms with van der Waals surface area (Å²) in [6.45, 7) is 1.10. The van der Waals surface area contributed by atoms with Crippen LogP contribution in [0.15, 0.2) is 51.8 Å². The van der Waals surface area contributed by atoms with E-state index < -0.39 is 0 Å². The highest BCUT2D eigenvalue weighted by atomic mass is 32.2. The van der Waals surface area contributed by atoms with Crippen molar-refractivity contribution in [3.05, 3.63) is 53.1 Å². The third-order valence-corrected chi connectivity index (χ3v) is 4.80. The van der Waals surface area contributed by atoms with E-state index in [1.807, 2.05) is 42.5 Å². The van der Waals surface area contributed by atoms with Gasteiger partial charge in [0.25, 0.3) is 5.91 Å². The minimum absolute atomic E-state index is 0.0777. The average Bonchev–Trinajstić information content (AvgIpc) is 3.13. The lowest BCUT2D eigenvalue weighted by molar-refractivity contribution is -0.122. The van der Waals surface area contributed by atoms with Gasteiger partial charge in [-0.1, -0.05) is 54.3 Å². The van der Waals surface area contributed by atoms with Crippen molar-refractivity contribution < 1.29 is 9.21 Å². The van der Waals surface area contributed by atoms with Gasteiger partial charge < -0.3 is 10.2 Å². The molecule has 0 aliphatic carbocycles. The molecule has 2 heterocycles. The molecule has 0 saturated carbocycles. The fourth-order valence-corrected chi connectivity index (χ4v) is 3.55. The van der Waals surface area contributed by atoms with Crippen LogP contribution in [-0.2, 0) is 4.79 Å². The molecule has 0 bridgehead atoms. The van der Waals surface area contributed by atoms with Crippen LogP contribution < -0.4 is 5.73 Å². The number of hydrogen-bond acceptors (Lipinski definition) is 5. The standard InChI is InChI=1S/C17H16N2O2S2/c18-9-4-10-19-16(20)15(23-17(19)22)11-13-7-8-14(21-13)12-5-2-1-3-6-12/h1-3,5-8,11H,4,9-10,18H2. The lowest BCUT2D eigenvalue weighted by Crippen LogP contribution is -2.30. The van der Waals surface area contributed by atoms with Crippen molar-refractivity contribution in [3.63, 3.8) is 0 Å². The first-order chi connectivity index (χ1) is 11.2. The molecular weight excluding hydrogens is 328 g/mol. The molecule has 6 heteroatoms. The zero-order valence-electron chi connectivity index (χ0n) is 12.4. The molecule has 0 unspecified atom stereocenters. The van der Waals surface area contributed by atoms with Gasteiger partial charge in [0, 0.05) is 18.2 Å². The maximum Gasteiger partial charge on any atom is 0.266 e. The van der Waals surface area contributed by atoms with Crippen molar-refractivity contribution in [1.29, 1.82) is 0 Å². The highest BCUT2D eigenvalue weighted by Gasteiger charge is 2.31. The largest absolute Gasteiger partial charge is 0.457 e. The van der Waals surface area contributed by atoms with Gasteiger partial charge in [-0.25, -0.2) is 0 Å². The van der Waals surface area contributed by atoms with Crippen molar-refractivity contribution >= 4 is 40.3 Å². The summed E-state index contributed by atoms with van der Waals surface area (Å²) in [5.74, 6) is 1.34. The predicted octanol–water partition coefficient (Wildman–Crippen LogP) is 3.50. The quantitative estimate of drug-likeness (QED) is 0.664. The maximum absolute atomic E-state index is 12.4. The van der Waals surface area contributed by atoms with Gasteiger partial charge in [0.15, 0.2) is 0 Å². The van der Waals surface area contributed by atoms with Crippen molar-refractivity contribution in [2.24, 2.45) is 5.73 Å². The molecule has 0 radical (unpaired) electrons. The number of carbonyl (C=O) groups is 1. The number of thiocarbonyl (C=S) groups is 1. The first-order valence-corrected chi connectivity index (χ1v) is 8.52. The number of nitrogens with two attached hydrogens (primary N) is 1. The smallest absolute Gasteiger partial charge is 0.266 e. The van der Waals surface area contributed by atoms with Gasteiger partial charge in [-0.2, -0.15) is 0 Å². The summed E-state index contributed by atoms with van der Waals surface area (Å²) in [7, 11) is 0. The Morgan fingerprint density at radius 2 is 2.00 bits per heavy atom. The van der Waals surface area contributed by atoms with Gasteiger partial charge in [-0.15, -0.1) is 0 Å². The highest BCUT2D eigenvalue weighted by Crippen LogP contribution is 2.33. The van der Waals surface area contributed by atoms with Crippen molar-refractivity contribution in [2.45, 2.75) is 6.42 Å². The second-order valence-electron chi connectivity index (χ2n) is 5.04. The van der Waals surface area contributed by atoms with E-state index in [0.29, 0.717) is 28.1 Å². The Morgan fingerprint density at radius 3 is 2.74 bits per heavy atom. The fraction of sp³-hybridized carbons (Fsp3) is 0.176. The van der Waals surface area contributed by atoms with E-state index in [0.717, 1.165) is 17.7 Å². The monoisotopic (exact) mass is 344 g/mol. The molecule has 2 N–H and O–H groups in total. The predicted molar refractivity (Wildman–Crippen MR) is 97.7 cm³/mol. The van der Waals surface area contributed by atoms with Gasteiger partial charge >= 0.3 is 0 Å². The van der Waals surface area contributed by atoms with Crippen LogP contribution >= 0.6 is 24.0 Å². The van der Waals surface area contributed by atoms with Crippen LogP contribution in [0.1, 0.15) is 12.2 Å². The van der Waals surface area contributed by atoms with Crippen LogP contribution in [0.3, 0.4) is 0 Å². The molecule has 4 nitrogen and oxygen atoms in total. The van der Waals surface area contributed by atoms with E-state index in [4.69, 9.17) is 22.4 Å². The molecule has 1 amide bonds. The third-order valence-electron chi connectivity index (χ3n) is 3.42. The molecule has 0 spiro atoms. The number of furan rings is 1. The number of hydrogen-bond donors (Lipinski definition) is 1. The first kappa shape index (κ1) is 16.0. The molecule has 1 aromatic carbocycles. The fourth-order valence-electron chi connectivity index (χ4n) is 2.26. The SMILES string of the molecule is NCCCN1C(=O)C(=Cc2ccc(-c3ccccc3)o2)SC1=S. The van der Waals surface area contributed by atoms with Gasteiger partial charge in [-0.3, -0.25) is 9.69 Å². The van der Waals surface area contributed by atoms with E-state index in [1.165, 1.54) is 11.8 Å². The Hall–Kier alpha value is -1.89. The second kappa shape index (κ2) is 7.12. The van der Waals surface area contributed by atoms with Crippen molar-refractivity contribution in [1.82, 2.24) is 4.90 Å². The lowest BCUT2D eigenvalue weighted by Gasteiger charge is -2.12. The number of carbonyl (C=O) groups excluding carboxylic acids is 1. The van der Waals surface area contributed by atoms with E-state index in [2.05, 4.69) is 0 Å². The van der Waals surface area contributed by atoms with Crippen molar-refractivity contribution in [3.8, 4) is 11.3 Å². The van der Waals surface area contributed by atoms with Gasteiger partial charge in [-0.05, 0) is 25.1 Å². The Bertz CT molecular complexity index is 753. The zero-order valence-corrected chi connectivity index (χ0v) is 14.0. The molecule has 3 rings (SSSR count).